The van der Waals surface area contributed by atoms with E-state index in [1.54, 1.807) is 0 Å². The number of hydrogen-bond donors (Lipinski definition) is 1. The first kappa shape index (κ1) is 14.4. The van der Waals surface area contributed by atoms with Gasteiger partial charge in [-0.15, -0.1) is 0 Å². The van der Waals surface area contributed by atoms with Gasteiger partial charge in [0.1, 0.15) is 5.75 Å². The molecule has 0 aliphatic rings. The number of para-hydroxylation sites is 2. The first-order valence-corrected chi connectivity index (χ1v) is 7.28. The fourth-order valence-electron chi connectivity index (χ4n) is 2.12. The Labute approximate surface area is 120 Å². The van der Waals surface area contributed by atoms with Crippen LogP contribution >= 0.6 is 0 Å². The molecule has 0 saturated carbocycles. The topological polar surface area (TPSA) is 39.1 Å². The summed E-state index contributed by atoms with van der Waals surface area (Å²) in [5.74, 6) is 1.76. The molecule has 0 aliphatic carbocycles. The van der Waals surface area contributed by atoms with E-state index in [2.05, 4.69) is 27.9 Å². The second-order valence-electron chi connectivity index (χ2n) is 4.76. The average Bonchev–Trinajstić information content (AvgIpc) is 2.81. The number of nitrogens with zero attached hydrogens (tertiary/aromatic N) is 2. The Balaban J connectivity index is 2.32. The highest BCUT2D eigenvalue weighted by atomic mass is 16.5. The zero-order valence-electron chi connectivity index (χ0n) is 12.5. The number of aryl methyl sites for hydroxylation is 1. The van der Waals surface area contributed by atoms with Gasteiger partial charge < -0.3 is 10.1 Å². The largest absolute Gasteiger partial charge is 0.492 e. The molecule has 0 saturated heterocycles. The lowest BCUT2D eigenvalue weighted by atomic mass is 10.3. The minimum atomic E-state index is 0.656. The fourth-order valence-corrected chi connectivity index (χ4v) is 2.12. The zero-order chi connectivity index (χ0) is 14.4. The molecule has 108 valence electrons. The highest BCUT2D eigenvalue weighted by Crippen LogP contribution is 2.26. The van der Waals surface area contributed by atoms with Crippen LogP contribution in [-0.2, 0) is 0 Å². The van der Waals surface area contributed by atoms with Crippen molar-refractivity contribution in [2.75, 3.05) is 18.5 Å². The lowest BCUT2D eigenvalue weighted by Crippen LogP contribution is -2.08. The van der Waals surface area contributed by atoms with E-state index in [0.717, 1.165) is 36.0 Å². The van der Waals surface area contributed by atoms with Crippen molar-refractivity contribution < 1.29 is 4.74 Å². The van der Waals surface area contributed by atoms with Crippen molar-refractivity contribution in [2.24, 2.45) is 0 Å². The van der Waals surface area contributed by atoms with Gasteiger partial charge in [0.15, 0.2) is 0 Å². The third-order valence-corrected chi connectivity index (χ3v) is 3.06. The van der Waals surface area contributed by atoms with Gasteiger partial charge in [0.05, 0.1) is 18.0 Å². The van der Waals surface area contributed by atoms with Crippen molar-refractivity contribution in [3.63, 3.8) is 0 Å². The molecule has 0 atom stereocenters. The van der Waals surface area contributed by atoms with Crippen LogP contribution in [0.1, 0.15) is 32.4 Å². The normalized spacial score (nSPS) is 10.6. The maximum atomic E-state index is 5.70. The smallest absolute Gasteiger partial charge is 0.207 e. The quantitative estimate of drug-likeness (QED) is 0.780. The summed E-state index contributed by atoms with van der Waals surface area (Å²) >= 11 is 0. The first-order valence-electron chi connectivity index (χ1n) is 7.28. The highest BCUT2D eigenvalue weighted by Gasteiger charge is 2.11. The highest BCUT2D eigenvalue weighted by molar-refractivity contribution is 5.52. The van der Waals surface area contributed by atoms with E-state index in [-0.39, 0.29) is 0 Å². The predicted molar refractivity (Wildman–Crippen MR) is 82.9 cm³/mol. The molecule has 4 nitrogen and oxygen atoms in total. The third kappa shape index (κ3) is 3.32. The summed E-state index contributed by atoms with van der Waals surface area (Å²) in [6, 6.07) is 8.05. The molecule has 1 aromatic carbocycles. The summed E-state index contributed by atoms with van der Waals surface area (Å²) in [6.45, 7) is 7.78. The van der Waals surface area contributed by atoms with Crippen LogP contribution in [0.4, 0.5) is 5.95 Å². The van der Waals surface area contributed by atoms with Crippen LogP contribution in [0.25, 0.3) is 5.69 Å². The summed E-state index contributed by atoms with van der Waals surface area (Å²) in [4.78, 5) is 4.56. The number of imidazole rings is 1. The number of rotatable bonds is 7. The maximum Gasteiger partial charge on any atom is 0.207 e. The summed E-state index contributed by atoms with van der Waals surface area (Å²) in [5, 5.41) is 3.40. The lowest BCUT2D eigenvalue weighted by Gasteiger charge is -2.13. The van der Waals surface area contributed by atoms with Crippen LogP contribution in [0, 0.1) is 6.92 Å². The number of hydrogen-bond acceptors (Lipinski definition) is 3. The van der Waals surface area contributed by atoms with E-state index in [0.29, 0.717) is 6.61 Å². The maximum absolute atomic E-state index is 5.70. The molecule has 1 heterocycles. The third-order valence-electron chi connectivity index (χ3n) is 3.06. The molecular weight excluding hydrogens is 250 g/mol. The van der Waals surface area contributed by atoms with Crippen molar-refractivity contribution >= 4 is 5.95 Å². The molecule has 1 N–H and O–H groups in total. The molecular formula is C16H23N3O. The van der Waals surface area contributed by atoms with E-state index in [1.165, 1.54) is 6.42 Å². The van der Waals surface area contributed by atoms with Crippen molar-refractivity contribution in [3.05, 3.63) is 36.2 Å². The monoisotopic (exact) mass is 273 g/mol. The van der Waals surface area contributed by atoms with Gasteiger partial charge in [-0.05, 0) is 32.4 Å². The fraction of sp³-hybridized carbons (Fsp3) is 0.438. The Kier molecular flexibility index (Phi) is 5.04. The SMILES string of the molecule is CCCCNc1nc(C)cn1-c1ccccc1OCC. The molecule has 4 heteroatoms. The molecule has 0 radical (unpaired) electrons. The predicted octanol–water partition coefficient (Wildman–Crippen LogP) is 3.79. The Bertz CT molecular complexity index is 548. The summed E-state index contributed by atoms with van der Waals surface area (Å²) < 4.78 is 7.77. The van der Waals surface area contributed by atoms with Gasteiger partial charge in [0, 0.05) is 12.7 Å². The second-order valence-corrected chi connectivity index (χ2v) is 4.76. The van der Waals surface area contributed by atoms with Crippen molar-refractivity contribution in [1.29, 1.82) is 0 Å². The van der Waals surface area contributed by atoms with E-state index < -0.39 is 0 Å². The molecule has 0 unspecified atom stereocenters. The minimum absolute atomic E-state index is 0.656. The van der Waals surface area contributed by atoms with E-state index >= 15 is 0 Å². The Morgan fingerprint density at radius 3 is 2.80 bits per heavy atom. The molecule has 20 heavy (non-hydrogen) atoms. The summed E-state index contributed by atoms with van der Waals surface area (Å²) in [5.41, 5.74) is 2.02. The van der Waals surface area contributed by atoms with Crippen LogP contribution in [0.2, 0.25) is 0 Å². The number of unbranched alkanes of at least 4 members (excludes halogenated alkanes) is 1. The Morgan fingerprint density at radius 2 is 2.05 bits per heavy atom. The van der Waals surface area contributed by atoms with Crippen LogP contribution in [0.5, 0.6) is 5.75 Å². The lowest BCUT2D eigenvalue weighted by molar-refractivity contribution is 0.339. The van der Waals surface area contributed by atoms with Crippen LogP contribution in [-0.4, -0.2) is 22.7 Å². The number of ether oxygens (including phenoxy) is 1. The first-order chi connectivity index (χ1) is 9.76. The standard InChI is InChI=1S/C16H23N3O/c1-4-6-11-17-16-18-13(3)12-19(16)14-9-7-8-10-15(14)20-5-2/h7-10,12H,4-6,11H2,1-3H3,(H,17,18). The second kappa shape index (κ2) is 6.98. The molecule has 0 fully saturated rings. The van der Waals surface area contributed by atoms with Crippen LogP contribution in [0.15, 0.2) is 30.5 Å². The molecule has 1 aromatic heterocycles. The molecule has 0 amide bonds. The number of nitrogens with one attached hydrogen (secondary N) is 1. The summed E-state index contributed by atoms with van der Waals surface area (Å²) in [7, 11) is 0. The van der Waals surface area contributed by atoms with Gasteiger partial charge >= 0.3 is 0 Å². The van der Waals surface area contributed by atoms with Crippen LogP contribution in [0.3, 0.4) is 0 Å². The number of benzene rings is 1. The zero-order valence-corrected chi connectivity index (χ0v) is 12.5. The molecule has 0 bridgehead atoms. The van der Waals surface area contributed by atoms with Gasteiger partial charge in [-0.25, -0.2) is 4.98 Å². The van der Waals surface area contributed by atoms with E-state index in [4.69, 9.17) is 4.74 Å². The Hall–Kier alpha value is -1.97. The Morgan fingerprint density at radius 1 is 1.25 bits per heavy atom. The van der Waals surface area contributed by atoms with Crippen molar-refractivity contribution in [1.82, 2.24) is 9.55 Å². The number of aromatic nitrogens is 2. The van der Waals surface area contributed by atoms with Crippen molar-refractivity contribution in [2.45, 2.75) is 33.6 Å². The van der Waals surface area contributed by atoms with Gasteiger partial charge in [0.25, 0.3) is 0 Å². The van der Waals surface area contributed by atoms with Crippen LogP contribution < -0.4 is 10.1 Å². The van der Waals surface area contributed by atoms with Crippen molar-refractivity contribution in [3.8, 4) is 11.4 Å². The van der Waals surface area contributed by atoms with E-state index in [1.807, 2.05) is 38.2 Å². The average molecular weight is 273 g/mol. The van der Waals surface area contributed by atoms with Gasteiger partial charge in [-0.3, -0.25) is 4.57 Å². The van der Waals surface area contributed by atoms with E-state index in [9.17, 15) is 0 Å². The van der Waals surface area contributed by atoms with Gasteiger partial charge in [-0.2, -0.15) is 0 Å². The number of anilines is 1. The minimum Gasteiger partial charge on any atom is -0.492 e. The molecule has 2 rings (SSSR count). The van der Waals surface area contributed by atoms with Gasteiger partial charge in [0.2, 0.25) is 5.95 Å². The molecule has 2 aromatic rings. The summed E-state index contributed by atoms with van der Waals surface area (Å²) in [6.07, 6.45) is 4.34. The molecule has 0 aliphatic heterocycles. The van der Waals surface area contributed by atoms with Gasteiger partial charge in [-0.1, -0.05) is 25.5 Å². The molecule has 0 spiro atoms.